The van der Waals surface area contributed by atoms with Crippen molar-refractivity contribution in [1.82, 2.24) is 15.0 Å². The van der Waals surface area contributed by atoms with E-state index in [2.05, 4.69) is 15.0 Å². The van der Waals surface area contributed by atoms with Gasteiger partial charge in [-0.25, -0.2) is 9.97 Å². The van der Waals surface area contributed by atoms with Crippen molar-refractivity contribution in [2.24, 2.45) is 0 Å². The van der Waals surface area contributed by atoms with E-state index in [0.717, 1.165) is 6.07 Å². The summed E-state index contributed by atoms with van der Waals surface area (Å²) < 4.78 is 39.3. The lowest BCUT2D eigenvalue weighted by atomic mass is 10.0. The van der Waals surface area contributed by atoms with Gasteiger partial charge in [-0.15, -0.1) is 0 Å². The quantitative estimate of drug-likeness (QED) is 0.611. The molecule has 3 rings (SSSR count). The Labute approximate surface area is 128 Å². The van der Waals surface area contributed by atoms with Crippen molar-refractivity contribution in [3.8, 4) is 11.3 Å². The fraction of sp³-hybridized carbons (Fsp3) is 0.133. The SMILES string of the molecule is Cc1nc(Cl)c2ccc(-c3ncccc3C(F)(F)F)cc2n1. The molecular weight excluding hydrogens is 315 g/mol. The summed E-state index contributed by atoms with van der Waals surface area (Å²) in [7, 11) is 0. The van der Waals surface area contributed by atoms with E-state index in [-0.39, 0.29) is 10.8 Å². The third-order valence-corrected chi connectivity index (χ3v) is 3.44. The third-order valence-electron chi connectivity index (χ3n) is 3.15. The molecule has 3 aromatic rings. The molecule has 0 aliphatic carbocycles. The standard InChI is InChI=1S/C15H9ClF3N3/c1-8-21-12-7-9(4-5-10(12)14(16)22-8)13-11(15(17,18)19)3-2-6-20-13/h2-7H,1H3. The summed E-state index contributed by atoms with van der Waals surface area (Å²) >= 11 is 6.02. The van der Waals surface area contributed by atoms with Crippen molar-refractivity contribution >= 4 is 22.5 Å². The summed E-state index contributed by atoms with van der Waals surface area (Å²) in [6.45, 7) is 1.67. The summed E-state index contributed by atoms with van der Waals surface area (Å²) in [5, 5.41) is 0.853. The zero-order valence-electron chi connectivity index (χ0n) is 11.3. The van der Waals surface area contributed by atoms with Crippen LogP contribution in [0.4, 0.5) is 13.2 Å². The van der Waals surface area contributed by atoms with Crippen molar-refractivity contribution in [3.63, 3.8) is 0 Å². The second-order valence-electron chi connectivity index (χ2n) is 4.69. The van der Waals surface area contributed by atoms with Crippen LogP contribution in [0.3, 0.4) is 0 Å². The van der Waals surface area contributed by atoms with E-state index in [1.165, 1.54) is 24.4 Å². The van der Waals surface area contributed by atoms with Crippen LogP contribution in [0.1, 0.15) is 11.4 Å². The van der Waals surface area contributed by atoms with E-state index in [1.807, 2.05) is 0 Å². The average molecular weight is 324 g/mol. The molecule has 2 aromatic heterocycles. The first-order valence-electron chi connectivity index (χ1n) is 6.33. The minimum atomic E-state index is -4.47. The molecular formula is C15H9ClF3N3. The second-order valence-corrected chi connectivity index (χ2v) is 5.05. The van der Waals surface area contributed by atoms with Gasteiger partial charge < -0.3 is 0 Å². The number of hydrogen-bond donors (Lipinski definition) is 0. The maximum atomic E-state index is 13.1. The Kier molecular flexibility index (Phi) is 3.48. The number of rotatable bonds is 1. The Balaban J connectivity index is 2.24. The van der Waals surface area contributed by atoms with Crippen molar-refractivity contribution in [2.45, 2.75) is 13.1 Å². The maximum absolute atomic E-state index is 13.1. The molecule has 2 heterocycles. The van der Waals surface area contributed by atoms with Gasteiger partial charge in [-0.3, -0.25) is 4.98 Å². The number of pyridine rings is 1. The molecule has 7 heteroatoms. The fourth-order valence-electron chi connectivity index (χ4n) is 2.21. The minimum Gasteiger partial charge on any atom is -0.256 e. The molecule has 0 atom stereocenters. The van der Waals surface area contributed by atoms with E-state index in [1.54, 1.807) is 13.0 Å². The van der Waals surface area contributed by atoms with Crippen LogP contribution in [0, 0.1) is 6.92 Å². The van der Waals surface area contributed by atoms with Gasteiger partial charge in [0.2, 0.25) is 0 Å². The lowest BCUT2D eigenvalue weighted by Gasteiger charge is -2.12. The van der Waals surface area contributed by atoms with E-state index in [9.17, 15) is 13.2 Å². The van der Waals surface area contributed by atoms with Gasteiger partial charge in [0.1, 0.15) is 11.0 Å². The predicted octanol–water partition coefficient (Wildman–Crippen LogP) is 4.67. The Bertz CT molecular complexity index is 862. The number of hydrogen-bond acceptors (Lipinski definition) is 3. The highest BCUT2D eigenvalue weighted by Crippen LogP contribution is 2.36. The lowest BCUT2D eigenvalue weighted by molar-refractivity contribution is -0.137. The number of benzene rings is 1. The molecule has 0 bridgehead atoms. The van der Waals surface area contributed by atoms with Crippen LogP contribution >= 0.6 is 11.6 Å². The van der Waals surface area contributed by atoms with Crippen molar-refractivity contribution < 1.29 is 13.2 Å². The Morgan fingerprint density at radius 3 is 2.59 bits per heavy atom. The zero-order chi connectivity index (χ0) is 15.9. The summed E-state index contributed by atoms with van der Waals surface area (Å²) in [6, 6.07) is 6.93. The number of alkyl halides is 3. The van der Waals surface area contributed by atoms with Crippen molar-refractivity contribution in [3.05, 3.63) is 53.1 Å². The molecule has 0 amide bonds. The molecule has 0 spiro atoms. The average Bonchev–Trinajstić information content (AvgIpc) is 2.45. The van der Waals surface area contributed by atoms with Gasteiger partial charge >= 0.3 is 6.18 Å². The Hall–Kier alpha value is -2.21. The van der Waals surface area contributed by atoms with E-state index < -0.39 is 11.7 Å². The van der Waals surface area contributed by atoms with Gasteiger partial charge in [0.15, 0.2) is 0 Å². The van der Waals surface area contributed by atoms with Gasteiger partial charge in [0.25, 0.3) is 0 Å². The third kappa shape index (κ3) is 2.62. The molecule has 3 nitrogen and oxygen atoms in total. The van der Waals surface area contributed by atoms with Gasteiger partial charge in [0, 0.05) is 17.1 Å². The maximum Gasteiger partial charge on any atom is 0.418 e. The molecule has 0 saturated heterocycles. The molecule has 0 unspecified atom stereocenters. The fourth-order valence-corrected chi connectivity index (χ4v) is 2.49. The van der Waals surface area contributed by atoms with Crippen LogP contribution in [-0.2, 0) is 6.18 Å². The van der Waals surface area contributed by atoms with Gasteiger partial charge in [0.05, 0.1) is 16.8 Å². The molecule has 0 N–H and O–H groups in total. The summed E-state index contributed by atoms with van der Waals surface area (Å²) in [4.78, 5) is 12.1. The highest BCUT2D eigenvalue weighted by molar-refractivity contribution is 6.34. The van der Waals surface area contributed by atoms with Gasteiger partial charge in [-0.05, 0) is 31.2 Å². The first-order valence-corrected chi connectivity index (χ1v) is 6.70. The van der Waals surface area contributed by atoms with Crippen LogP contribution in [0.5, 0.6) is 0 Å². The predicted molar refractivity (Wildman–Crippen MR) is 77.5 cm³/mol. The number of fused-ring (bicyclic) bond motifs is 1. The zero-order valence-corrected chi connectivity index (χ0v) is 12.1. The molecule has 0 aliphatic rings. The van der Waals surface area contributed by atoms with Gasteiger partial charge in [-0.1, -0.05) is 17.7 Å². The summed E-state index contributed by atoms with van der Waals surface area (Å²) in [6.07, 6.45) is -3.15. The van der Waals surface area contributed by atoms with Crippen LogP contribution in [-0.4, -0.2) is 15.0 Å². The Morgan fingerprint density at radius 1 is 1.09 bits per heavy atom. The summed E-state index contributed by atoms with van der Waals surface area (Å²) in [5.41, 5.74) is -0.112. The van der Waals surface area contributed by atoms with Crippen LogP contribution in [0.15, 0.2) is 36.5 Å². The highest BCUT2D eigenvalue weighted by atomic mass is 35.5. The van der Waals surface area contributed by atoms with Crippen molar-refractivity contribution in [1.29, 1.82) is 0 Å². The number of halogens is 4. The van der Waals surface area contributed by atoms with Crippen molar-refractivity contribution in [2.75, 3.05) is 0 Å². The monoisotopic (exact) mass is 323 g/mol. The summed E-state index contributed by atoms with van der Waals surface area (Å²) in [5.74, 6) is 0.451. The van der Waals surface area contributed by atoms with E-state index in [0.29, 0.717) is 22.3 Å². The smallest absolute Gasteiger partial charge is 0.256 e. The van der Waals surface area contributed by atoms with E-state index in [4.69, 9.17) is 11.6 Å². The van der Waals surface area contributed by atoms with Crippen LogP contribution in [0.2, 0.25) is 5.15 Å². The molecule has 112 valence electrons. The first-order chi connectivity index (χ1) is 10.4. The normalized spacial score (nSPS) is 11.9. The molecule has 22 heavy (non-hydrogen) atoms. The molecule has 0 saturated carbocycles. The van der Waals surface area contributed by atoms with Crippen LogP contribution in [0.25, 0.3) is 22.2 Å². The topological polar surface area (TPSA) is 38.7 Å². The Morgan fingerprint density at radius 2 is 1.86 bits per heavy atom. The first kappa shape index (κ1) is 14.7. The van der Waals surface area contributed by atoms with Gasteiger partial charge in [-0.2, -0.15) is 13.2 Å². The second kappa shape index (κ2) is 5.21. The minimum absolute atomic E-state index is 0.135. The number of aromatic nitrogens is 3. The molecule has 0 fully saturated rings. The molecule has 0 aliphatic heterocycles. The lowest BCUT2D eigenvalue weighted by Crippen LogP contribution is -2.08. The van der Waals surface area contributed by atoms with E-state index >= 15 is 0 Å². The molecule has 1 aromatic carbocycles. The number of nitrogens with zero attached hydrogens (tertiary/aromatic N) is 3. The largest absolute Gasteiger partial charge is 0.418 e. The number of aryl methyl sites for hydroxylation is 1. The molecule has 0 radical (unpaired) electrons. The van der Waals surface area contributed by atoms with Crippen LogP contribution < -0.4 is 0 Å². The highest BCUT2D eigenvalue weighted by Gasteiger charge is 2.34.